The van der Waals surface area contributed by atoms with Crippen molar-refractivity contribution in [1.82, 2.24) is 5.16 Å². The average Bonchev–Trinajstić information content (AvgIpc) is 3.14. The molecule has 0 saturated carbocycles. The second-order valence-electron chi connectivity index (χ2n) is 3.75. The van der Waals surface area contributed by atoms with Gasteiger partial charge in [-0.05, 0) is 0 Å². The first kappa shape index (κ1) is 12.8. The molecule has 98 valence electrons. The van der Waals surface area contributed by atoms with E-state index in [-0.39, 0.29) is 0 Å². The second kappa shape index (κ2) is 6.34. The van der Waals surface area contributed by atoms with Gasteiger partial charge in [0.1, 0.15) is 12.0 Å². The van der Waals surface area contributed by atoms with Gasteiger partial charge in [0.05, 0.1) is 6.54 Å². The molecule has 19 heavy (non-hydrogen) atoms. The lowest BCUT2D eigenvalue weighted by molar-refractivity contribution is -0.123. The Kier molecular flexibility index (Phi) is 4.28. The summed E-state index contributed by atoms with van der Waals surface area (Å²) in [5.74, 6) is -0.456. The summed E-state index contributed by atoms with van der Waals surface area (Å²) in [6.07, 6.45) is 2.30. The van der Waals surface area contributed by atoms with Crippen LogP contribution in [0.5, 0.6) is 0 Å². The Morgan fingerprint density at radius 2 is 2.05 bits per heavy atom. The van der Waals surface area contributed by atoms with Crippen molar-refractivity contribution >= 4 is 12.3 Å². The lowest BCUT2D eigenvalue weighted by atomic mass is 10.2. The van der Waals surface area contributed by atoms with Crippen LogP contribution < -0.4 is 5.73 Å². The summed E-state index contributed by atoms with van der Waals surface area (Å²) < 4.78 is 9.37. The van der Waals surface area contributed by atoms with E-state index in [1.807, 2.05) is 36.4 Å². The van der Waals surface area contributed by atoms with Gasteiger partial charge >= 0.3 is 0 Å². The highest BCUT2D eigenvalue weighted by molar-refractivity contribution is 5.81. The van der Waals surface area contributed by atoms with Crippen molar-refractivity contribution < 1.29 is 14.1 Å². The van der Waals surface area contributed by atoms with Gasteiger partial charge in [-0.25, -0.2) is 0 Å². The molecular formula is C13H13N3O3. The fraction of sp³-hybridized carbons (Fsp3) is 0.154. The van der Waals surface area contributed by atoms with E-state index >= 15 is 0 Å². The monoisotopic (exact) mass is 259 g/mol. The maximum atomic E-state index is 10.2. The van der Waals surface area contributed by atoms with E-state index in [4.69, 9.17) is 10.3 Å². The zero-order valence-electron chi connectivity index (χ0n) is 10.1. The Morgan fingerprint density at radius 1 is 1.26 bits per heavy atom. The number of hydrogen-bond acceptors (Lipinski definition) is 5. The lowest BCUT2D eigenvalue weighted by Crippen LogP contribution is -2.30. The molecule has 0 saturated heterocycles. The zero-order valence-corrected chi connectivity index (χ0v) is 10.1. The van der Waals surface area contributed by atoms with Crippen molar-refractivity contribution in [3.8, 4) is 11.3 Å². The molecule has 2 aromatic rings. The van der Waals surface area contributed by atoms with Crippen LogP contribution in [0.4, 0.5) is 0 Å². The zero-order chi connectivity index (χ0) is 13.5. The highest BCUT2D eigenvalue weighted by Crippen LogP contribution is 2.14. The van der Waals surface area contributed by atoms with Crippen LogP contribution in [0.1, 0.15) is 0 Å². The van der Waals surface area contributed by atoms with Crippen LogP contribution in [0.3, 0.4) is 0 Å². The van der Waals surface area contributed by atoms with Crippen LogP contribution in [0, 0.1) is 0 Å². The summed E-state index contributed by atoms with van der Waals surface area (Å²) >= 11 is 0. The molecule has 0 bridgehead atoms. The highest BCUT2D eigenvalue weighted by Gasteiger charge is 2.17. The number of hydrogen-bond donors (Lipinski definition) is 1. The molecule has 1 atom stereocenters. The number of nitrogens with zero attached hydrogens (tertiary/aromatic N) is 2. The molecule has 1 aromatic carbocycles. The number of ether oxygens (including phenoxy) is 1. The summed E-state index contributed by atoms with van der Waals surface area (Å²) in [5, 5.41) is 3.81. The molecule has 0 radical (unpaired) electrons. The number of benzene rings is 1. The molecule has 1 unspecified atom stereocenters. The van der Waals surface area contributed by atoms with Gasteiger partial charge in [-0.1, -0.05) is 35.5 Å². The second-order valence-corrected chi connectivity index (χ2v) is 3.75. The van der Waals surface area contributed by atoms with Gasteiger partial charge in [-0.15, -0.1) is 0 Å². The quantitative estimate of drug-likeness (QED) is 0.878. The molecule has 0 fully saturated rings. The fourth-order valence-corrected chi connectivity index (χ4v) is 1.43. The molecule has 1 aliphatic rings. The summed E-state index contributed by atoms with van der Waals surface area (Å²) in [4.78, 5) is 13.9. The molecule has 3 rings (SSSR count). The number of carbonyl (C=O) groups excluding carboxylic acids is 1. The lowest BCUT2D eigenvalue weighted by Gasteiger charge is -1.99. The number of nitrogens with two attached hydrogens (primary N) is 1. The third kappa shape index (κ3) is 3.67. The van der Waals surface area contributed by atoms with E-state index in [0.29, 0.717) is 6.54 Å². The molecule has 0 spiro atoms. The van der Waals surface area contributed by atoms with E-state index in [9.17, 15) is 4.79 Å². The topological polar surface area (TPSA) is 90.7 Å². The van der Waals surface area contributed by atoms with Crippen LogP contribution in [0.15, 0.2) is 52.2 Å². The normalized spacial score (nSPS) is 16.3. The van der Waals surface area contributed by atoms with E-state index in [0.717, 1.165) is 11.3 Å². The maximum Gasteiger partial charge on any atom is 0.260 e. The highest BCUT2D eigenvalue weighted by atomic mass is 16.5. The van der Waals surface area contributed by atoms with Gasteiger partial charge in [-0.2, -0.15) is 0 Å². The Bertz CT molecular complexity index is 530. The maximum absolute atomic E-state index is 10.2. The molecule has 2 N–H and O–H groups in total. The number of rotatable bonds is 2. The predicted molar refractivity (Wildman–Crippen MR) is 69.4 cm³/mol. The van der Waals surface area contributed by atoms with Crippen LogP contribution in [0.25, 0.3) is 11.3 Å². The van der Waals surface area contributed by atoms with Crippen LogP contribution in [0.2, 0.25) is 0 Å². The van der Waals surface area contributed by atoms with Crippen LogP contribution in [-0.2, 0) is 9.53 Å². The molecule has 0 aliphatic carbocycles. The Hall–Kier alpha value is -2.63. The number of amides is 1. The first-order valence-electron chi connectivity index (χ1n) is 5.66. The molecule has 1 aromatic heterocycles. The smallest absolute Gasteiger partial charge is 0.260 e. The Labute approximate surface area is 109 Å². The summed E-state index contributed by atoms with van der Waals surface area (Å²) in [7, 11) is 0. The van der Waals surface area contributed by atoms with E-state index in [1.54, 1.807) is 6.26 Å². The first-order chi connectivity index (χ1) is 9.27. The number of aromatic nitrogens is 1. The Morgan fingerprint density at radius 3 is 2.53 bits per heavy atom. The van der Waals surface area contributed by atoms with Crippen molar-refractivity contribution in [2.24, 2.45) is 10.7 Å². The van der Waals surface area contributed by atoms with Gasteiger partial charge in [0, 0.05) is 11.6 Å². The predicted octanol–water partition coefficient (Wildman–Crippen LogP) is 1.24. The third-order valence-electron chi connectivity index (χ3n) is 2.40. The molecule has 1 amide bonds. The van der Waals surface area contributed by atoms with Gasteiger partial charge in [0.25, 0.3) is 5.91 Å². The van der Waals surface area contributed by atoms with E-state index < -0.39 is 12.0 Å². The van der Waals surface area contributed by atoms with Crippen LogP contribution in [-0.4, -0.2) is 30.1 Å². The minimum Gasteiger partial charge on any atom is -0.469 e. The summed E-state index contributed by atoms with van der Waals surface area (Å²) in [6.45, 7) is 0.370. The Balaban J connectivity index is 0.000000148. The molecule has 2 heterocycles. The fourth-order valence-electron chi connectivity index (χ4n) is 1.43. The standard InChI is InChI=1S/C9H7NO.C4H6N2O2/c1-2-4-8(5-3-1)9-6-7-11-10-9;5-4(7)3-1-6-2-8-3/h1-7H;2-3H,1H2,(H2,5,7). The van der Waals surface area contributed by atoms with Gasteiger partial charge in [0.2, 0.25) is 0 Å². The van der Waals surface area contributed by atoms with Gasteiger partial charge < -0.3 is 15.0 Å². The average molecular weight is 259 g/mol. The van der Waals surface area contributed by atoms with Crippen molar-refractivity contribution in [2.75, 3.05) is 6.54 Å². The van der Waals surface area contributed by atoms with E-state index in [1.165, 1.54) is 6.40 Å². The number of aliphatic imine (C=N–C) groups is 1. The largest absolute Gasteiger partial charge is 0.469 e. The summed E-state index contributed by atoms with van der Waals surface area (Å²) in [6, 6.07) is 11.8. The van der Waals surface area contributed by atoms with Crippen molar-refractivity contribution in [3.05, 3.63) is 42.7 Å². The van der Waals surface area contributed by atoms with Crippen LogP contribution >= 0.6 is 0 Å². The minimum atomic E-state index is -0.519. The van der Waals surface area contributed by atoms with Crippen molar-refractivity contribution in [2.45, 2.75) is 6.10 Å². The molecule has 6 nitrogen and oxygen atoms in total. The van der Waals surface area contributed by atoms with E-state index in [2.05, 4.69) is 14.9 Å². The number of primary amides is 1. The number of carbonyl (C=O) groups is 1. The molecule has 1 aliphatic heterocycles. The SMILES string of the molecule is NC(=O)C1CN=CO1.c1ccc(-c2ccon2)cc1. The molecular weight excluding hydrogens is 246 g/mol. The minimum absolute atomic E-state index is 0.370. The van der Waals surface area contributed by atoms with Gasteiger partial charge in [-0.3, -0.25) is 9.79 Å². The van der Waals surface area contributed by atoms with Gasteiger partial charge in [0.15, 0.2) is 12.5 Å². The third-order valence-corrected chi connectivity index (χ3v) is 2.40. The van der Waals surface area contributed by atoms with Crippen molar-refractivity contribution in [1.29, 1.82) is 0 Å². The first-order valence-corrected chi connectivity index (χ1v) is 5.66. The van der Waals surface area contributed by atoms with Crippen molar-refractivity contribution in [3.63, 3.8) is 0 Å². The summed E-state index contributed by atoms with van der Waals surface area (Å²) in [5.41, 5.74) is 6.82. The molecule has 6 heteroatoms.